The summed E-state index contributed by atoms with van der Waals surface area (Å²) in [4.78, 5) is 18.0. The van der Waals surface area contributed by atoms with Gasteiger partial charge in [0.15, 0.2) is 0 Å². The predicted molar refractivity (Wildman–Crippen MR) is 74.3 cm³/mol. The van der Waals surface area contributed by atoms with Crippen LogP contribution in [-0.4, -0.2) is 28.2 Å². The Morgan fingerprint density at radius 3 is 2.84 bits per heavy atom. The van der Waals surface area contributed by atoms with Crippen LogP contribution < -0.4 is 4.74 Å². The Hall–Kier alpha value is -1.82. The zero-order chi connectivity index (χ0) is 14.0. The minimum atomic E-state index is -0.906. The molecule has 0 aliphatic carbocycles. The molecule has 1 aromatic carbocycles. The fourth-order valence-corrected chi connectivity index (χ4v) is 2.19. The first-order valence-corrected chi connectivity index (χ1v) is 6.44. The molecule has 5 nitrogen and oxygen atoms in total. The summed E-state index contributed by atoms with van der Waals surface area (Å²) < 4.78 is 5.99. The van der Waals surface area contributed by atoms with Crippen molar-refractivity contribution >= 4 is 21.9 Å². The lowest BCUT2D eigenvalue weighted by Crippen LogP contribution is -2.08. The molecule has 0 fully saturated rings. The summed E-state index contributed by atoms with van der Waals surface area (Å²) in [6, 6.07) is 5.61. The molecule has 100 valence electrons. The first-order chi connectivity index (χ1) is 9.02. The summed E-state index contributed by atoms with van der Waals surface area (Å²) in [6.45, 7) is 1.59. The van der Waals surface area contributed by atoms with Crippen molar-refractivity contribution in [1.29, 1.82) is 0 Å². The van der Waals surface area contributed by atoms with Crippen LogP contribution in [0.5, 0.6) is 5.75 Å². The molecule has 2 N–H and O–H groups in total. The van der Waals surface area contributed by atoms with Crippen molar-refractivity contribution in [3.63, 3.8) is 0 Å². The van der Waals surface area contributed by atoms with Gasteiger partial charge >= 0.3 is 5.97 Å². The highest BCUT2D eigenvalue weighted by atomic mass is 79.9. The van der Waals surface area contributed by atoms with Gasteiger partial charge in [-0.15, -0.1) is 0 Å². The molecule has 0 bridgehead atoms. The molecule has 0 saturated carbocycles. The number of aromatic amines is 1. The van der Waals surface area contributed by atoms with Crippen LogP contribution in [-0.2, 0) is 4.79 Å². The van der Waals surface area contributed by atoms with Gasteiger partial charge in [0.2, 0.25) is 0 Å². The molecule has 2 rings (SSSR count). The standard InChI is InChI=1S/C13H13BrN2O3/c1-7(13(17)18)12-15-6-10(16-12)8-3-4-11(19-2)9(14)5-8/h3-7H,1-2H3,(H,15,16)(H,17,18). The molecule has 1 heterocycles. The number of ether oxygens (including phenoxy) is 1. The highest BCUT2D eigenvalue weighted by Gasteiger charge is 2.17. The van der Waals surface area contributed by atoms with Crippen molar-refractivity contribution < 1.29 is 14.6 Å². The topological polar surface area (TPSA) is 75.2 Å². The summed E-state index contributed by atoms with van der Waals surface area (Å²) in [6.07, 6.45) is 1.63. The Morgan fingerprint density at radius 2 is 2.26 bits per heavy atom. The quantitative estimate of drug-likeness (QED) is 0.906. The highest BCUT2D eigenvalue weighted by Crippen LogP contribution is 2.30. The minimum absolute atomic E-state index is 0.439. The number of carboxylic acid groups (broad SMARTS) is 1. The Kier molecular flexibility index (Phi) is 3.90. The third-order valence-corrected chi connectivity index (χ3v) is 3.46. The summed E-state index contributed by atoms with van der Waals surface area (Å²) >= 11 is 3.41. The third kappa shape index (κ3) is 2.78. The van der Waals surface area contributed by atoms with Gasteiger partial charge in [0, 0.05) is 5.56 Å². The fourth-order valence-electron chi connectivity index (χ4n) is 1.65. The minimum Gasteiger partial charge on any atom is -0.496 e. The van der Waals surface area contributed by atoms with E-state index >= 15 is 0 Å². The van der Waals surface area contributed by atoms with Crippen LogP contribution in [0, 0.1) is 0 Å². The second-order valence-electron chi connectivity index (χ2n) is 4.09. The van der Waals surface area contributed by atoms with E-state index in [0.717, 1.165) is 21.5 Å². The van der Waals surface area contributed by atoms with Crippen molar-refractivity contribution in [2.24, 2.45) is 0 Å². The van der Waals surface area contributed by atoms with Gasteiger partial charge < -0.3 is 14.8 Å². The molecule has 1 aromatic heterocycles. The van der Waals surface area contributed by atoms with Crippen LogP contribution in [0.2, 0.25) is 0 Å². The van der Waals surface area contributed by atoms with Gasteiger partial charge in [-0.1, -0.05) is 0 Å². The van der Waals surface area contributed by atoms with Crippen LogP contribution in [0.4, 0.5) is 0 Å². The lowest BCUT2D eigenvalue weighted by Gasteiger charge is -2.05. The maximum absolute atomic E-state index is 10.9. The molecular formula is C13H13BrN2O3. The Balaban J connectivity index is 2.33. The molecule has 6 heteroatoms. The number of benzene rings is 1. The third-order valence-electron chi connectivity index (χ3n) is 2.84. The number of aromatic nitrogens is 2. The fraction of sp³-hybridized carbons (Fsp3) is 0.231. The smallest absolute Gasteiger partial charge is 0.313 e. The molecule has 0 aliphatic rings. The first-order valence-electron chi connectivity index (χ1n) is 5.64. The van der Waals surface area contributed by atoms with Crippen molar-refractivity contribution in [3.05, 3.63) is 34.7 Å². The van der Waals surface area contributed by atoms with E-state index in [1.54, 1.807) is 20.2 Å². The average Bonchev–Trinajstić information content (AvgIpc) is 2.87. The van der Waals surface area contributed by atoms with E-state index in [9.17, 15) is 4.79 Å². The zero-order valence-electron chi connectivity index (χ0n) is 10.5. The van der Waals surface area contributed by atoms with Crippen LogP contribution in [0.1, 0.15) is 18.7 Å². The lowest BCUT2D eigenvalue weighted by atomic mass is 10.1. The van der Waals surface area contributed by atoms with E-state index in [0.29, 0.717) is 5.82 Å². The number of methoxy groups -OCH3 is 1. The average molecular weight is 325 g/mol. The predicted octanol–water partition coefficient (Wildman–Crippen LogP) is 3.04. The molecule has 19 heavy (non-hydrogen) atoms. The normalized spacial score (nSPS) is 12.2. The molecule has 0 radical (unpaired) electrons. The number of carboxylic acids is 1. The summed E-state index contributed by atoms with van der Waals surface area (Å²) in [5.41, 5.74) is 1.68. The van der Waals surface area contributed by atoms with Crippen molar-refractivity contribution in [1.82, 2.24) is 9.97 Å². The number of rotatable bonds is 4. The summed E-state index contributed by atoms with van der Waals surface area (Å²) in [7, 11) is 1.60. The highest BCUT2D eigenvalue weighted by molar-refractivity contribution is 9.10. The number of carbonyl (C=O) groups is 1. The maximum Gasteiger partial charge on any atom is 0.313 e. The second-order valence-corrected chi connectivity index (χ2v) is 4.95. The molecule has 1 atom stereocenters. The van der Waals surface area contributed by atoms with Gasteiger partial charge in [0.1, 0.15) is 17.5 Å². The van der Waals surface area contributed by atoms with Crippen molar-refractivity contribution in [3.8, 4) is 17.0 Å². The van der Waals surface area contributed by atoms with Gasteiger partial charge in [0.05, 0.1) is 23.5 Å². The van der Waals surface area contributed by atoms with Gasteiger partial charge in [-0.2, -0.15) is 0 Å². The molecule has 0 amide bonds. The molecule has 0 spiro atoms. The Morgan fingerprint density at radius 1 is 1.53 bits per heavy atom. The maximum atomic E-state index is 10.9. The number of hydrogen-bond donors (Lipinski definition) is 2. The summed E-state index contributed by atoms with van der Waals surface area (Å²) in [5.74, 6) is -0.385. The Bertz CT molecular complexity index is 610. The summed E-state index contributed by atoms with van der Waals surface area (Å²) in [5, 5.41) is 8.94. The van der Waals surface area contributed by atoms with Crippen molar-refractivity contribution in [2.45, 2.75) is 12.8 Å². The van der Waals surface area contributed by atoms with E-state index < -0.39 is 11.9 Å². The lowest BCUT2D eigenvalue weighted by molar-refractivity contribution is -0.138. The number of aliphatic carboxylic acids is 1. The van der Waals surface area contributed by atoms with E-state index in [-0.39, 0.29) is 0 Å². The van der Waals surface area contributed by atoms with Gasteiger partial charge in [-0.05, 0) is 41.1 Å². The number of nitrogens with one attached hydrogen (secondary N) is 1. The van der Waals surface area contributed by atoms with Crippen LogP contribution in [0.3, 0.4) is 0 Å². The molecule has 1 unspecified atom stereocenters. The molecule has 2 aromatic rings. The van der Waals surface area contributed by atoms with Gasteiger partial charge in [-0.3, -0.25) is 4.79 Å². The van der Waals surface area contributed by atoms with Crippen LogP contribution >= 0.6 is 15.9 Å². The largest absolute Gasteiger partial charge is 0.496 e. The van der Waals surface area contributed by atoms with Crippen LogP contribution in [0.15, 0.2) is 28.9 Å². The number of H-pyrrole nitrogens is 1. The van der Waals surface area contributed by atoms with E-state index in [4.69, 9.17) is 9.84 Å². The van der Waals surface area contributed by atoms with E-state index in [1.165, 1.54) is 0 Å². The Labute approximate surface area is 118 Å². The molecular weight excluding hydrogens is 312 g/mol. The molecule has 0 aliphatic heterocycles. The van der Waals surface area contributed by atoms with Gasteiger partial charge in [0.25, 0.3) is 0 Å². The number of hydrogen-bond acceptors (Lipinski definition) is 3. The second kappa shape index (κ2) is 5.44. The van der Waals surface area contributed by atoms with E-state index in [1.807, 2.05) is 18.2 Å². The number of imidazole rings is 1. The SMILES string of the molecule is COc1ccc(-c2cnc(C(C)C(=O)O)[nH]2)cc1Br. The number of halogens is 1. The van der Waals surface area contributed by atoms with Crippen LogP contribution in [0.25, 0.3) is 11.3 Å². The monoisotopic (exact) mass is 324 g/mol. The molecule has 0 saturated heterocycles. The number of nitrogens with zero attached hydrogens (tertiary/aromatic N) is 1. The first kappa shape index (κ1) is 13.6. The zero-order valence-corrected chi connectivity index (χ0v) is 12.1. The van der Waals surface area contributed by atoms with E-state index in [2.05, 4.69) is 25.9 Å². The van der Waals surface area contributed by atoms with Gasteiger partial charge in [-0.25, -0.2) is 4.98 Å². The van der Waals surface area contributed by atoms with Crippen molar-refractivity contribution in [2.75, 3.05) is 7.11 Å².